The van der Waals surface area contributed by atoms with Crippen molar-refractivity contribution >= 4 is 44.4 Å². The Morgan fingerprint density at radius 2 is 2.19 bits per heavy atom. The summed E-state index contributed by atoms with van der Waals surface area (Å²) in [7, 11) is 0. The minimum atomic E-state index is -0.322. The Balaban J connectivity index is 2.11. The number of hydrogen-bond donors (Lipinski definition) is 0. The van der Waals surface area contributed by atoms with Crippen molar-refractivity contribution in [1.29, 1.82) is 0 Å². The summed E-state index contributed by atoms with van der Waals surface area (Å²) < 4.78 is 14.8. The van der Waals surface area contributed by atoms with Crippen molar-refractivity contribution in [3.8, 4) is 0 Å². The third-order valence-corrected chi connectivity index (χ3v) is 5.74. The van der Waals surface area contributed by atoms with Gasteiger partial charge in [0.15, 0.2) is 0 Å². The highest BCUT2D eigenvalue weighted by Gasteiger charge is 2.39. The summed E-state index contributed by atoms with van der Waals surface area (Å²) in [6, 6.07) is 1.75. The van der Waals surface area contributed by atoms with Crippen LogP contribution in [-0.2, 0) is 6.54 Å². The molecule has 0 radical (unpaired) electrons. The molecule has 1 fully saturated rings. The summed E-state index contributed by atoms with van der Waals surface area (Å²) in [5.74, 6) is -0.342. The van der Waals surface area contributed by atoms with Gasteiger partial charge in [-0.2, -0.15) is 0 Å². The van der Waals surface area contributed by atoms with Gasteiger partial charge in [-0.3, -0.25) is 4.79 Å². The van der Waals surface area contributed by atoms with E-state index < -0.39 is 0 Å². The molecule has 2 nitrogen and oxygen atoms in total. The Morgan fingerprint density at radius 1 is 1.50 bits per heavy atom. The van der Waals surface area contributed by atoms with Gasteiger partial charge in [-0.25, -0.2) is 4.39 Å². The molecule has 1 amide bonds. The van der Waals surface area contributed by atoms with E-state index >= 15 is 0 Å². The first kappa shape index (κ1) is 11.0. The Kier molecular flexibility index (Phi) is 2.51. The number of nitrogens with zero attached hydrogens (tertiary/aromatic N) is 1. The Morgan fingerprint density at radius 3 is 2.81 bits per heavy atom. The first-order valence-electron chi connectivity index (χ1n) is 5.07. The van der Waals surface area contributed by atoms with E-state index in [-0.39, 0.29) is 11.7 Å². The zero-order valence-corrected chi connectivity index (χ0v) is 12.0. The van der Waals surface area contributed by atoms with Crippen LogP contribution in [0.3, 0.4) is 0 Å². The number of rotatable bonds is 1. The van der Waals surface area contributed by atoms with Crippen molar-refractivity contribution < 1.29 is 9.18 Å². The average molecular weight is 396 g/mol. The minimum Gasteiger partial charge on any atom is -0.331 e. The molecule has 0 spiro atoms. The first-order chi connectivity index (χ1) is 7.59. The van der Waals surface area contributed by atoms with E-state index in [2.05, 4.69) is 15.9 Å². The number of amides is 1. The normalized spacial score (nSPS) is 19.2. The van der Waals surface area contributed by atoms with Crippen molar-refractivity contribution in [3.05, 3.63) is 31.1 Å². The fourth-order valence-corrected chi connectivity index (χ4v) is 3.07. The van der Waals surface area contributed by atoms with Crippen LogP contribution in [0.4, 0.5) is 4.39 Å². The molecule has 84 valence electrons. The molecule has 0 atom stereocenters. The highest BCUT2D eigenvalue weighted by molar-refractivity contribution is 14.1. The van der Waals surface area contributed by atoms with Crippen LogP contribution in [0.5, 0.6) is 0 Å². The molecule has 5 heteroatoms. The lowest BCUT2D eigenvalue weighted by molar-refractivity contribution is 0.0766. The second-order valence-corrected chi connectivity index (χ2v) is 6.05. The standard InChI is InChI=1S/C11H8BrFINO/c12-9-7-4-15(5-1-2-5)11(16)6(7)3-8(13)10(9)14/h3,5H,1-2,4H2. The van der Waals surface area contributed by atoms with Gasteiger partial charge >= 0.3 is 0 Å². The van der Waals surface area contributed by atoms with Gasteiger partial charge in [0.25, 0.3) is 5.91 Å². The molecular formula is C11H8BrFINO. The molecule has 0 unspecified atom stereocenters. The maximum Gasteiger partial charge on any atom is 0.254 e. The predicted octanol–water partition coefficient (Wildman–Crippen LogP) is 3.31. The SMILES string of the molecule is O=C1c2cc(F)c(I)c(Br)c2CN1C1CC1. The van der Waals surface area contributed by atoms with Gasteiger partial charge in [0.05, 0.1) is 3.57 Å². The third-order valence-electron chi connectivity index (χ3n) is 3.07. The van der Waals surface area contributed by atoms with E-state index in [1.165, 1.54) is 6.07 Å². The first-order valence-corrected chi connectivity index (χ1v) is 6.94. The van der Waals surface area contributed by atoms with Crippen LogP contribution in [0, 0.1) is 9.39 Å². The highest BCUT2D eigenvalue weighted by atomic mass is 127. The van der Waals surface area contributed by atoms with Gasteiger partial charge in [-0.05, 0) is 63.0 Å². The van der Waals surface area contributed by atoms with Crippen molar-refractivity contribution in [2.24, 2.45) is 0 Å². The summed E-state index contributed by atoms with van der Waals surface area (Å²) in [5.41, 5.74) is 1.46. The molecule has 1 aromatic rings. The average Bonchev–Trinajstić information content (AvgIpc) is 3.03. The van der Waals surface area contributed by atoms with Gasteiger partial charge in [-0.15, -0.1) is 0 Å². The topological polar surface area (TPSA) is 20.3 Å². The molecule has 0 aromatic heterocycles. The number of hydrogen-bond acceptors (Lipinski definition) is 1. The zero-order valence-electron chi connectivity index (χ0n) is 8.27. The summed E-state index contributed by atoms with van der Waals surface area (Å²) in [4.78, 5) is 13.9. The molecule has 16 heavy (non-hydrogen) atoms. The summed E-state index contributed by atoms with van der Waals surface area (Å²) in [5, 5.41) is 0. The van der Waals surface area contributed by atoms with E-state index in [0.29, 0.717) is 21.7 Å². The van der Waals surface area contributed by atoms with Crippen LogP contribution in [0.2, 0.25) is 0 Å². The molecular weight excluding hydrogens is 388 g/mol. The van der Waals surface area contributed by atoms with Crippen molar-refractivity contribution in [2.45, 2.75) is 25.4 Å². The van der Waals surface area contributed by atoms with E-state index in [1.807, 2.05) is 27.5 Å². The molecule has 1 aliphatic heterocycles. The van der Waals surface area contributed by atoms with Crippen LogP contribution in [0.1, 0.15) is 28.8 Å². The molecule has 1 saturated carbocycles. The quantitative estimate of drug-likeness (QED) is 0.527. The number of fused-ring (bicyclic) bond motifs is 1. The zero-order chi connectivity index (χ0) is 11.4. The smallest absolute Gasteiger partial charge is 0.254 e. The van der Waals surface area contributed by atoms with Crippen LogP contribution in [0.15, 0.2) is 10.5 Å². The van der Waals surface area contributed by atoms with Gasteiger partial charge < -0.3 is 4.90 Å². The third kappa shape index (κ3) is 1.51. The van der Waals surface area contributed by atoms with E-state index in [4.69, 9.17) is 0 Å². The molecule has 3 rings (SSSR count). The number of benzene rings is 1. The van der Waals surface area contributed by atoms with Crippen LogP contribution in [-0.4, -0.2) is 16.8 Å². The van der Waals surface area contributed by atoms with Crippen molar-refractivity contribution in [1.82, 2.24) is 4.90 Å². The second kappa shape index (κ2) is 3.66. The minimum absolute atomic E-state index is 0.0199. The Hall–Kier alpha value is -0.170. The number of halogens is 3. The largest absolute Gasteiger partial charge is 0.331 e. The maximum atomic E-state index is 13.5. The Bertz CT molecular complexity index is 501. The molecule has 1 aliphatic carbocycles. The molecule has 0 bridgehead atoms. The lowest BCUT2D eigenvalue weighted by Gasteiger charge is -2.13. The fourth-order valence-electron chi connectivity index (χ4n) is 2.06. The molecule has 0 N–H and O–H groups in total. The molecule has 0 saturated heterocycles. The van der Waals surface area contributed by atoms with Crippen LogP contribution in [0.25, 0.3) is 0 Å². The molecule has 1 aromatic carbocycles. The van der Waals surface area contributed by atoms with Gasteiger partial charge in [0.2, 0.25) is 0 Å². The highest BCUT2D eigenvalue weighted by Crippen LogP contribution is 2.39. The molecule has 2 aliphatic rings. The number of carbonyl (C=O) groups excluding carboxylic acids is 1. The summed E-state index contributed by atoms with van der Waals surface area (Å²) in [6.07, 6.45) is 2.16. The maximum absolute atomic E-state index is 13.5. The lowest BCUT2D eigenvalue weighted by Crippen LogP contribution is -2.25. The molecule has 1 heterocycles. The predicted molar refractivity (Wildman–Crippen MR) is 69.7 cm³/mol. The van der Waals surface area contributed by atoms with Gasteiger partial charge in [0.1, 0.15) is 5.82 Å². The fraction of sp³-hybridized carbons (Fsp3) is 0.364. The van der Waals surface area contributed by atoms with E-state index in [0.717, 1.165) is 22.9 Å². The van der Waals surface area contributed by atoms with Gasteiger partial charge in [0, 0.05) is 22.6 Å². The number of carbonyl (C=O) groups is 1. The summed E-state index contributed by atoms with van der Waals surface area (Å²) in [6.45, 7) is 0.621. The van der Waals surface area contributed by atoms with Crippen LogP contribution < -0.4 is 0 Å². The van der Waals surface area contributed by atoms with Crippen LogP contribution >= 0.6 is 38.5 Å². The van der Waals surface area contributed by atoms with E-state index in [1.54, 1.807) is 0 Å². The second-order valence-electron chi connectivity index (χ2n) is 4.18. The Labute approximate surface area is 114 Å². The van der Waals surface area contributed by atoms with Crippen molar-refractivity contribution in [3.63, 3.8) is 0 Å². The van der Waals surface area contributed by atoms with E-state index in [9.17, 15) is 9.18 Å². The van der Waals surface area contributed by atoms with Crippen molar-refractivity contribution in [2.75, 3.05) is 0 Å². The van der Waals surface area contributed by atoms with Gasteiger partial charge in [-0.1, -0.05) is 0 Å². The summed E-state index contributed by atoms with van der Waals surface area (Å²) >= 11 is 5.34. The lowest BCUT2D eigenvalue weighted by atomic mass is 10.1. The monoisotopic (exact) mass is 395 g/mol.